The highest BCUT2D eigenvalue weighted by Crippen LogP contribution is 2.28. The molecule has 0 unspecified atom stereocenters. The van der Waals surface area contributed by atoms with E-state index in [4.69, 9.17) is 0 Å². The van der Waals surface area contributed by atoms with Crippen molar-refractivity contribution in [2.45, 2.75) is 57.6 Å². The quantitative estimate of drug-likeness (QED) is 0.560. The molecule has 2 atom stereocenters. The van der Waals surface area contributed by atoms with Gasteiger partial charge >= 0.3 is 0 Å². The lowest BCUT2D eigenvalue weighted by molar-refractivity contribution is 0.160. The van der Waals surface area contributed by atoms with Gasteiger partial charge in [0.2, 0.25) is 0 Å². The van der Waals surface area contributed by atoms with Crippen LogP contribution in [-0.2, 0) is 6.42 Å². The molecule has 1 N–H and O–H groups in total. The Morgan fingerprint density at radius 1 is 1.09 bits per heavy atom. The monoisotopic (exact) mass is 463 g/mol. The lowest BCUT2D eigenvalue weighted by Crippen LogP contribution is -2.35. The number of fused-ring (bicyclic) bond motifs is 1. The zero-order valence-corrected chi connectivity index (χ0v) is 19.9. The first-order valence-corrected chi connectivity index (χ1v) is 12.6. The maximum atomic E-state index is 15.2. The van der Waals surface area contributed by atoms with E-state index in [-0.39, 0.29) is 17.5 Å². The van der Waals surface area contributed by atoms with Gasteiger partial charge in [-0.1, -0.05) is 19.1 Å². The van der Waals surface area contributed by atoms with E-state index in [9.17, 15) is 9.90 Å². The zero-order valence-electron chi connectivity index (χ0n) is 19.9. The second-order valence-corrected chi connectivity index (χ2v) is 9.78. The van der Waals surface area contributed by atoms with Gasteiger partial charge in [-0.15, -0.1) is 0 Å². The number of hydrogen-bond acceptors (Lipinski definition) is 4. The van der Waals surface area contributed by atoms with Crippen LogP contribution < -0.4 is 10.5 Å². The van der Waals surface area contributed by atoms with Gasteiger partial charge in [0.25, 0.3) is 5.56 Å². The molecule has 5 nitrogen and oxygen atoms in total. The summed E-state index contributed by atoms with van der Waals surface area (Å²) in [5.74, 6) is -0.281. The van der Waals surface area contributed by atoms with Crippen molar-refractivity contribution < 1.29 is 9.50 Å². The molecule has 0 radical (unpaired) electrons. The van der Waals surface area contributed by atoms with Crippen LogP contribution in [0.25, 0.3) is 16.5 Å². The third-order valence-electron chi connectivity index (χ3n) is 7.58. The van der Waals surface area contributed by atoms with E-state index in [0.29, 0.717) is 29.2 Å². The second-order valence-electron chi connectivity index (χ2n) is 9.78. The van der Waals surface area contributed by atoms with E-state index in [1.54, 1.807) is 6.20 Å². The summed E-state index contributed by atoms with van der Waals surface area (Å²) in [6.07, 6.45) is 7.26. The fourth-order valence-corrected chi connectivity index (χ4v) is 5.46. The van der Waals surface area contributed by atoms with Crippen LogP contribution in [0, 0.1) is 5.82 Å². The highest BCUT2D eigenvalue weighted by Gasteiger charge is 2.30. The topological polar surface area (TPSA) is 48.7 Å². The normalized spacial score (nSPS) is 19.9. The Morgan fingerprint density at radius 2 is 1.91 bits per heavy atom. The minimum Gasteiger partial charge on any atom is -0.393 e. The van der Waals surface area contributed by atoms with Crippen LogP contribution in [0.1, 0.15) is 44.6 Å². The van der Waals surface area contributed by atoms with Crippen molar-refractivity contribution in [3.05, 3.63) is 70.4 Å². The van der Waals surface area contributed by atoms with E-state index < -0.39 is 0 Å². The lowest BCUT2D eigenvalue weighted by atomic mass is 10.0. The smallest absolute Gasteiger partial charge is 0.262 e. The number of halogens is 1. The summed E-state index contributed by atoms with van der Waals surface area (Å²) in [7, 11) is 0. The summed E-state index contributed by atoms with van der Waals surface area (Å²) in [6, 6.07) is 13.4. The summed E-state index contributed by atoms with van der Waals surface area (Å²) in [4.78, 5) is 17.9. The molecule has 0 amide bonds. The number of aryl methyl sites for hydroxylation is 1. The van der Waals surface area contributed by atoms with E-state index in [2.05, 4.69) is 9.80 Å². The lowest BCUT2D eigenvalue weighted by Gasteiger charge is -2.25. The molecule has 5 rings (SSSR count). The first-order valence-electron chi connectivity index (χ1n) is 12.6. The van der Waals surface area contributed by atoms with Gasteiger partial charge < -0.3 is 10.0 Å². The molecule has 2 saturated heterocycles. The average molecular weight is 464 g/mol. The van der Waals surface area contributed by atoms with E-state index >= 15 is 4.39 Å². The van der Waals surface area contributed by atoms with Crippen LogP contribution >= 0.6 is 0 Å². The largest absolute Gasteiger partial charge is 0.393 e. The molecular formula is C28H34FN3O2. The number of anilines is 1. The van der Waals surface area contributed by atoms with Crippen molar-refractivity contribution in [1.29, 1.82) is 0 Å². The summed E-state index contributed by atoms with van der Waals surface area (Å²) in [5.41, 5.74) is 2.11. The number of rotatable bonds is 7. The molecule has 3 heterocycles. The van der Waals surface area contributed by atoms with Gasteiger partial charge in [-0.2, -0.15) is 0 Å². The Bertz CT molecular complexity index is 1220. The van der Waals surface area contributed by atoms with Gasteiger partial charge in [0.15, 0.2) is 0 Å². The number of hydrogen-bond donors (Lipinski definition) is 1. The summed E-state index contributed by atoms with van der Waals surface area (Å²) >= 11 is 0. The minimum atomic E-state index is -0.298. The van der Waals surface area contributed by atoms with Crippen LogP contribution in [-0.4, -0.2) is 52.9 Å². The highest BCUT2D eigenvalue weighted by atomic mass is 19.1. The molecule has 2 fully saturated rings. The molecular weight excluding hydrogens is 429 g/mol. The zero-order chi connectivity index (χ0) is 23.7. The SMILES string of the molecule is CC[C@@H](O)CCc1ccc2c(=O)n(-c3ccc(N4CC[C@@H](N5CCCC5)C4)c(F)c3)ccc2c1. The number of aliphatic hydroxyl groups is 1. The number of benzene rings is 2. The Kier molecular flexibility index (Phi) is 6.70. The molecule has 0 saturated carbocycles. The van der Waals surface area contributed by atoms with E-state index in [1.807, 2.05) is 43.3 Å². The molecule has 0 aliphatic carbocycles. The van der Waals surface area contributed by atoms with Crippen LogP contribution in [0.3, 0.4) is 0 Å². The second kappa shape index (κ2) is 9.88. The third kappa shape index (κ3) is 4.62. The molecule has 180 valence electrons. The van der Waals surface area contributed by atoms with Crippen LogP contribution in [0.15, 0.2) is 53.5 Å². The summed E-state index contributed by atoms with van der Waals surface area (Å²) in [5, 5.41) is 11.3. The molecule has 34 heavy (non-hydrogen) atoms. The van der Waals surface area contributed by atoms with Gasteiger partial charge in [0.05, 0.1) is 17.5 Å². The molecule has 1 aromatic heterocycles. The molecule has 2 aromatic carbocycles. The molecule has 3 aromatic rings. The summed E-state index contributed by atoms with van der Waals surface area (Å²) in [6.45, 7) is 6.02. The maximum absolute atomic E-state index is 15.2. The minimum absolute atomic E-state index is 0.153. The Hall–Kier alpha value is -2.70. The molecule has 0 bridgehead atoms. The number of aliphatic hydroxyl groups excluding tert-OH is 1. The predicted molar refractivity (Wildman–Crippen MR) is 136 cm³/mol. The predicted octanol–water partition coefficient (Wildman–Crippen LogP) is 4.51. The number of likely N-dealkylation sites (tertiary alicyclic amines) is 1. The van der Waals surface area contributed by atoms with Gasteiger partial charge in [-0.3, -0.25) is 14.3 Å². The fourth-order valence-electron chi connectivity index (χ4n) is 5.46. The highest BCUT2D eigenvalue weighted by molar-refractivity contribution is 5.82. The van der Waals surface area contributed by atoms with E-state index in [1.165, 1.54) is 23.5 Å². The van der Waals surface area contributed by atoms with Crippen molar-refractivity contribution in [1.82, 2.24) is 9.47 Å². The molecule has 6 heteroatoms. The number of nitrogens with zero attached hydrogens (tertiary/aromatic N) is 3. The molecule has 2 aliphatic rings. The Labute approximate surface area is 200 Å². The van der Waals surface area contributed by atoms with Crippen molar-refractivity contribution in [2.24, 2.45) is 0 Å². The summed E-state index contributed by atoms with van der Waals surface area (Å²) < 4.78 is 16.7. The van der Waals surface area contributed by atoms with Crippen LogP contribution in [0.5, 0.6) is 0 Å². The number of aromatic nitrogens is 1. The van der Waals surface area contributed by atoms with Crippen molar-refractivity contribution in [3.8, 4) is 5.69 Å². The van der Waals surface area contributed by atoms with Gasteiger partial charge in [0, 0.05) is 36.8 Å². The van der Waals surface area contributed by atoms with Crippen molar-refractivity contribution in [2.75, 3.05) is 31.1 Å². The number of pyridine rings is 1. The van der Waals surface area contributed by atoms with Gasteiger partial charge in [-0.05, 0) is 86.8 Å². The molecule has 2 aliphatic heterocycles. The molecule has 0 spiro atoms. The third-order valence-corrected chi connectivity index (χ3v) is 7.58. The van der Waals surface area contributed by atoms with Crippen molar-refractivity contribution >= 4 is 16.5 Å². The van der Waals surface area contributed by atoms with Gasteiger partial charge in [0.1, 0.15) is 5.82 Å². The first kappa shape index (κ1) is 23.1. The average Bonchev–Trinajstić information content (AvgIpc) is 3.55. The Morgan fingerprint density at radius 3 is 2.68 bits per heavy atom. The van der Waals surface area contributed by atoms with E-state index in [0.717, 1.165) is 56.4 Å². The van der Waals surface area contributed by atoms with Crippen LogP contribution in [0.2, 0.25) is 0 Å². The maximum Gasteiger partial charge on any atom is 0.262 e. The van der Waals surface area contributed by atoms with Gasteiger partial charge in [-0.25, -0.2) is 4.39 Å². The van der Waals surface area contributed by atoms with Crippen LogP contribution in [0.4, 0.5) is 10.1 Å². The van der Waals surface area contributed by atoms with Crippen molar-refractivity contribution in [3.63, 3.8) is 0 Å². The fraction of sp³-hybridized carbons (Fsp3) is 0.464. The Balaban J connectivity index is 1.35. The first-order chi connectivity index (χ1) is 16.5. The standard InChI is InChI=1S/C28H34FN3O2/c1-2-24(33)8-5-20-6-9-25-21(17-20)11-16-32(28(25)34)22-7-10-27(26(29)18-22)31-15-12-23(19-31)30-13-3-4-14-30/h6-7,9-11,16-18,23-24,33H,2-5,8,12-15,19H2,1H3/t23-,24-/m1/s1.